The van der Waals surface area contributed by atoms with Crippen LogP contribution in [0.25, 0.3) is 0 Å². The first kappa shape index (κ1) is 18.0. The Kier molecular flexibility index (Phi) is 5.31. The third-order valence-corrected chi connectivity index (χ3v) is 3.78. The number of urea groups is 1. The molecule has 0 aromatic carbocycles. The van der Waals surface area contributed by atoms with Gasteiger partial charge in [-0.3, -0.25) is 9.36 Å². The van der Waals surface area contributed by atoms with Crippen LogP contribution in [0.2, 0.25) is 0 Å². The standard InChI is InChI=1S/C17H28N6O/c1-7-8-22-10-14(9-18-22)20-16(24)19-12(2)15-11-23(17(4,5)6)21-13(15)3/h9-12H,7-8H2,1-6H3,(H2,19,20,24)/t12-/m1/s1. The number of rotatable bonds is 5. The van der Waals surface area contributed by atoms with Crippen molar-refractivity contribution in [3.63, 3.8) is 0 Å². The van der Waals surface area contributed by atoms with Crippen LogP contribution in [0.4, 0.5) is 10.5 Å². The molecule has 2 aromatic heterocycles. The van der Waals surface area contributed by atoms with E-state index in [-0.39, 0.29) is 17.6 Å². The lowest BCUT2D eigenvalue weighted by molar-refractivity contribution is 0.249. The Bertz CT molecular complexity index is 694. The van der Waals surface area contributed by atoms with E-state index < -0.39 is 0 Å². The summed E-state index contributed by atoms with van der Waals surface area (Å²) < 4.78 is 3.75. The average molecular weight is 332 g/mol. The summed E-state index contributed by atoms with van der Waals surface area (Å²) in [6, 6.07) is -0.381. The first-order valence-corrected chi connectivity index (χ1v) is 8.37. The lowest BCUT2D eigenvalue weighted by Crippen LogP contribution is -2.31. The summed E-state index contributed by atoms with van der Waals surface area (Å²) in [6.45, 7) is 13.1. The van der Waals surface area contributed by atoms with Gasteiger partial charge in [0.25, 0.3) is 0 Å². The molecule has 7 nitrogen and oxygen atoms in total. The summed E-state index contributed by atoms with van der Waals surface area (Å²) in [4.78, 5) is 12.2. The van der Waals surface area contributed by atoms with E-state index in [9.17, 15) is 4.79 Å². The van der Waals surface area contributed by atoms with Gasteiger partial charge in [-0.05, 0) is 41.0 Å². The van der Waals surface area contributed by atoms with E-state index in [1.54, 1.807) is 6.20 Å². The van der Waals surface area contributed by atoms with Crippen LogP contribution in [0.5, 0.6) is 0 Å². The normalized spacial score (nSPS) is 12.9. The lowest BCUT2D eigenvalue weighted by atomic mass is 10.1. The molecule has 2 amide bonds. The number of hydrogen-bond donors (Lipinski definition) is 2. The average Bonchev–Trinajstić information content (AvgIpc) is 3.05. The molecule has 2 aromatic rings. The number of aromatic nitrogens is 4. The highest BCUT2D eigenvalue weighted by molar-refractivity contribution is 5.89. The van der Waals surface area contributed by atoms with Gasteiger partial charge >= 0.3 is 6.03 Å². The molecule has 0 unspecified atom stereocenters. The number of carbonyl (C=O) groups is 1. The molecule has 0 saturated heterocycles. The second kappa shape index (κ2) is 7.07. The fraction of sp³-hybridized carbons (Fsp3) is 0.588. The number of aryl methyl sites for hydroxylation is 2. The van der Waals surface area contributed by atoms with Crippen molar-refractivity contribution in [1.82, 2.24) is 24.9 Å². The maximum Gasteiger partial charge on any atom is 0.319 e. The molecule has 7 heteroatoms. The first-order chi connectivity index (χ1) is 11.2. The van der Waals surface area contributed by atoms with Crippen molar-refractivity contribution in [2.24, 2.45) is 0 Å². The molecule has 2 rings (SSSR count). The molecule has 0 aliphatic heterocycles. The second-order valence-electron chi connectivity index (χ2n) is 7.10. The molecule has 0 saturated carbocycles. The van der Waals surface area contributed by atoms with Crippen molar-refractivity contribution in [3.05, 3.63) is 29.8 Å². The molecule has 132 valence electrons. The topological polar surface area (TPSA) is 76.8 Å². The Labute approximate surface area is 143 Å². The Morgan fingerprint density at radius 2 is 2.04 bits per heavy atom. The Hall–Kier alpha value is -2.31. The van der Waals surface area contributed by atoms with Gasteiger partial charge in [-0.2, -0.15) is 10.2 Å². The van der Waals surface area contributed by atoms with Crippen LogP contribution in [0.1, 0.15) is 58.3 Å². The van der Waals surface area contributed by atoms with Gasteiger partial charge in [0.05, 0.1) is 29.2 Å². The predicted molar refractivity (Wildman–Crippen MR) is 95.0 cm³/mol. The Morgan fingerprint density at radius 3 is 2.62 bits per heavy atom. The van der Waals surface area contributed by atoms with Gasteiger partial charge in [-0.25, -0.2) is 4.79 Å². The maximum absolute atomic E-state index is 12.2. The minimum atomic E-state index is -0.249. The molecule has 0 aliphatic carbocycles. The van der Waals surface area contributed by atoms with Gasteiger partial charge in [-0.15, -0.1) is 0 Å². The van der Waals surface area contributed by atoms with Crippen LogP contribution in [-0.4, -0.2) is 25.6 Å². The minimum Gasteiger partial charge on any atom is -0.331 e. The molecule has 0 aliphatic rings. The van der Waals surface area contributed by atoms with E-state index in [2.05, 4.69) is 48.5 Å². The zero-order chi connectivity index (χ0) is 17.9. The smallest absolute Gasteiger partial charge is 0.319 e. The number of carbonyl (C=O) groups excluding carboxylic acids is 1. The molecule has 1 atom stereocenters. The highest BCUT2D eigenvalue weighted by Gasteiger charge is 2.20. The molecular weight excluding hydrogens is 304 g/mol. The number of nitrogens with one attached hydrogen (secondary N) is 2. The largest absolute Gasteiger partial charge is 0.331 e. The number of anilines is 1. The fourth-order valence-electron chi connectivity index (χ4n) is 2.46. The summed E-state index contributed by atoms with van der Waals surface area (Å²) in [7, 11) is 0. The third-order valence-electron chi connectivity index (χ3n) is 3.78. The Morgan fingerprint density at radius 1 is 1.33 bits per heavy atom. The molecule has 2 N–H and O–H groups in total. The molecule has 0 fully saturated rings. The van der Waals surface area contributed by atoms with Crippen molar-refractivity contribution < 1.29 is 4.79 Å². The molecule has 24 heavy (non-hydrogen) atoms. The van der Waals surface area contributed by atoms with E-state index >= 15 is 0 Å². The van der Waals surface area contributed by atoms with Gasteiger partial charge in [0.15, 0.2) is 0 Å². The number of hydrogen-bond acceptors (Lipinski definition) is 3. The van der Waals surface area contributed by atoms with E-state index in [0.29, 0.717) is 5.69 Å². The van der Waals surface area contributed by atoms with E-state index in [4.69, 9.17) is 0 Å². The van der Waals surface area contributed by atoms with Crippen LogP contribution < -0.4 is 10.6 Å². The number of amides is 2. The fourth-order valence-corrected chi connectivity index (χ4v) is 2.46. The van der Waals surface area contributed by atoms with Crippen LogP contribution in [0, 0.1) is 6.92 Å². The number of nitrogens with zero attached hydrogens (tertiary/aromatic N) is 4. The van der Waals surface area contributed by atoms with Gasteiger partial charge < -0.3 is 10.6 Å². The highest BCUT2D eigenvalue weighted by Crippen LogP contribution is 2.21. The summed E-state index contributed by atoms with van der Waals surface area (Å²) in [5.74, 6) is 0. The lowest BCUT2D eigenvalue weighted by Gasteiger charge is -2.19. The summed E-state index contributed by atoms with van der Waals surface area (Å²) in [5.41, 5.74) is 2.55. The zero-order valence-electron chi connectivity index (χ0n) is 15.4. The van der Waals surface area contributed by atoms with Crippen molar-refractivity contribution in [3.8, 4) is 0 Å². The first-order valence-electron chi connectivity index (χ1n) is 8.37. The van der Waals surface area contributed by atoms with Crippen molar-refractivity contribution in [1.29, 1.82) is 0 Å². The summed E-state index contributed by atoms with van der Waals surface area (Å²) in [6.07, 6.45) is 6.49. The van der Waals surface area contributed by atoms with Crippen molar-refractivity contribution in [2.45, 2.75) is 66.1 Å². The van der Waals surface area contributed by atoms with Gasteiger partial charge in [0.1, 0.15) is 0 Å². The van der Waals surface area contributed by atoms with Gasteiger partial charge in [0.2, 0.25) is 0 Å². The highest BCUT2D eigenvalue weighted by atomic mass is 16.2. The van der Waals surface area contributed by atoms with Crippen LogP contribution in [0.3, 0.4) is 0 Å². The van der Waals surface area contributed by atoms with E-state index in [0.717, 1.165) is 24.2 Å². The maximum atomic E-state index is 12.2. The third kappa shape index (κ3) is 4.37. The SMILES string of the molecule is CCCn1cc(NC(=O)N[C@H](C)c2cn(C(C)(C)C)nc2C)cn1. The van der Waals surface area contributed by atoms with Crippen LogP contribution >= 0.6 is 0 Å². The quantitative estimate of drug-likeness (QED) is 0.880. The molecule has 0 radical (unpaired) electrons. The van der Waals surface area contributed by atoms with Crippen LogP contribution in [-0.2, 0) is 12.1 Å². The Balaban J connectivity index is 1.99. The van der Waals surface area contributed by atoms with Crippen molar-refractivity contribution in [2.75, 3.05) is 5.32 Å². The molecule has 2 heterocycles. The van der Waals surface area contributed by atoms with Crippen molar-refractivity contribution >= 4 is 11.7 Å². The van der Waals surface area contributed by atoms with Crippen LogP contribution in [0.15, 0.2) is 18.6 Å². The second-order valence-corrected chi connectivity index (χ2v) is 7.10. The predicted octanol–water partition coefficient (Wildman–Crippen LogP) is 3.44. The summed E-state index contributed by atoms with van der Waals surface area (Å²) >= 11 is 0. The van der Waals surface area contributed by atoms with Gasteiger partial charge in [-0.1, -0.05) is 6.92 Å². The van der Waals surface area contributed by atoms with E-state index in [1.165, 1.54) is 0 Å². The zero-order valence-corrected chi connectivity index (χ0v) is 15.4. The van der Waals surface area contributed by atoms with Gasteiger partial charge in [0, 0.05) is 24.5 Å². The minimum absolute atomic E-state index is 0.0845. The van der Waals surface area contributed by atoms with E-state index in [1.807, 2.05) is 35.6 Å². The summed E-state index contributed by atoms with van der Waals surface area (Å²) in [5, 5.41) is 14.5. The molecule has 0 spiro atoms. The molecule has 0 bridgehead atoms. The monoisotopic (exact) mass is 332 g/mol. The molecular formula is C17H28N6O.